The van der Waals surface area contributed by atoms with Gasteiger partial charge in [0.05, 0.1) is 11.8 Å². The Morgan fingerprint density at radius 2 is 1.73 bits per heavy atom. The van der Waals surface area contributed by atoms with Crippen molar-refractivity contribution in [1.29, 1.82) is 0 Å². The van der Waals surface area contributed by atoms with E-state index in [-0.39, 0.29) is 23.7 Å². The molecule has 0 aromatic rings. The molecule has 11 heavy (non-hydrogen) atoms. The van der Waals surface area contributed by atoms with Gasteiger partial charge in [-0.2, -0.15) is 0 Å². The van der Waals surface area contributed by atoms with Crippen LogP contribution in [-0.4, -0.2) is 36.9 Å². The number of amides is 2. The quantitative estimate of drug-likeness (QED) is 0.447. The molecule has 0 unspecified atom stereocenters. The molecule has 2 aliphatic heterocycles. The first-order chi connectivity index (χ1) is 5.18. The van der Waals surface area contributed by atoms with E-state index < -0.39 is 0 Å². The van der Waals surface area contributed by atoms with E-state index >= 15 is 0 Å². The van der Waals surface area contributed by atoms with E-state index in [1.807, 2.05) is 11.9 Å². The zero-order chi connectivity index (χ0) is 8.01. The summed E-state index contributed by atoms with van der Waals surface area (Å²) in [6.45, 7) is 1.45. The van der Waals surface area contributed by atoms with E-state index in [9.17, 15) is 9.59 Å². The van der Waals surface area contributed by atoms with Crippen molar-refractivity contribution in [1.82, 2.24) is 10.2 Å². The maximum absolute atomic E-state index is 11.1. The van der Waals surface area contributed by atoms with Crippen LogP contribution in [0, 0.1) is 11.8 Å². The summed E-state index contributed by atoms with van der Waals surface area (Å²) in [4.78, 5) is 24.1. The first-order valence-electron chi connectivity index (χ1n) is 3.72. The Morgan fingerprint density at radius 1 is 1.27 bits per heavy atom. The summed E-state index contributed by atoms with van der Waals surface area (Å²) in [7, 11) is 1.93. The zero-order valence-corrected chi connectivity index (χ0v) is 6.33. The van der Waals surface area contributed by atoms with E-state index in [0.717, 1.165) is 13.1 Å². The number of fused-ring (bicyclic) bond motifs is 1. The highest BCUT2D eigenvalue weighted by molar-refractivity contribution is 6.05. The lowest BCUT2D eigenvalue weighted by atomic mass is 10.00. The Bertz CT molecular complexity index is 204. The minimum atomic E-state index is -0.0932. The lowest BCUT2D eigenvalue weighted by Crippen LogP contribution is -2.29. The number of likely N-dealkylation sites (tertiary alicyclic amines) is 1. The van der Waals surface area contributed by atoms with Gasteiger partial charge in [-0.1, -0.05) is 0 Å². The summed E-state index contributed by atoms with van der Waals surface area (Å²) >= 11 is 0. The maximum atomic E-state index is 11.1. The van der Waals surface area contributed by atoms with Crippen molar-refractivity contribution in [3.8, 4) is 0 Å². The molecule has 4 heteroatoms. The normalized spacial score (nSPS) is 37.5. The average Bonchev–Trinajstić information content (AvgIpc) is 2.38. The summed E-state index contributed by atoms with van der Waals surface area (Å²) in [5.74, 6) is -0.339. The molecule has 60 valence electrons. The third-order valence-corrected chi connectivity index (χ3v) is 2.42. The number of carbonyl (C=O) groups excluding carboxylic acids is 2. The van der Waals surface area contributed by atoms with Crippen molar-refractivity contribution in [2.45, 2.75) is 0 Å². The molecule has 2 fully saturated rings. The summed E-state index contributed by atoms with van der Waals surface area (Å²) in [5, 5.41) is 2.33. The van der Waals surface area contributed by atoms with Gasteiger partial charge in [0.2, 0.25) is 11.8 Å². The molecule has 0 aromatic heterocycles. The number of imide groups is 1. The Kier molecular flexibility index (Phi) is 1.26. The predicted octanol–water partition coefficient (Wildman–Crippen LogP) is -1.18. The van der Waals surface area contributed by atoms with Gasteiger partial charge in [0, 0.05) is 13.1 Å². The van der Waals surface area contributed by atoms with E-state index in [1.165, 1.54) is 0 Å². The Hall–Kier alpha value is -0.900. The zero-order valence-electron chi connectivity index (χ0n) is 6.33. The number of hydrogen-bond donors (Lipinski definition) is 1. The summed E-state index contributed by atoms with van der Waals surface area (Å²) in [6, 6.07) is 0. The minimum Gasteiger partial charge on any atom is -0.305 e. The second-order valence-corrected chi connectivity index (χ2v) is 3.29. The fourth-order valence-corrected chi connectivity index (χ4v) is 1.84. The largest absolute Gasteiger partial charge is 0.305 e. The van der Waals surface area contributed by atoms with Crippen LogP contribution in [0.4, 0.5) is 0 Å². The molecule has 4 nitrogen and oxygen atoms in total. The summed E-state index contributed by atoms with van der Waals surface area (Å²) < 4.78 is 0. The molecule has 2 aliphatic rings. The lowest BCUT2D eigenvalue weighted by molar-refractivity contribution is -0.126. The minimum absolute atomic E-state index is 0.0764. The number of nitrogens with one attached hydrogen (secondary N) is 1. The van der Waals surface area contributed by atoms with Crippen LogP contribution < -0.4 is 5.32 Å². The van der Waals surface area contributed by atoms with E-state index in [0.29, 0.717) is 0 Å². The van der Waals surface area contributed by atoms with Gasteiger partial charge in [-0.05, 0) is 7.05 Å². The second-order valence-electron chi connectivity index (χ2n) is 3.29. The van der Waals surface area contributed by atoms with Crippen LogP contribution in [0.1, 0.15) is 0 Å². The molecule has 2 amide bonds. The van der Waals surface area contributed by atoms with Crippen LogP contribution in [0.2, 0.25) is 0 Å². The van der Waals surface area contributed by atoms with Crippen molar-refractivity contribution in [3.63, 3.8) is 0 Å². The molecule has 0 bridgehead atoms. The van der Waals surface area contributed by atoms with Crippen molar-refractivity contribution in [2.75, 3.05) is 20.1 Å². The molecule has 2 saturated heterocycles. The Morgan fingerprint density at radius 3 is 2.18 bits per heavy atom. The Labute approximate surface area is 64.5 Å². The van der Waals surface area contributed by atoms with Gasteiger partial charge in [-0.25, -0.2) is 0 Å². The van der Waals surface area contributed by atoms with Gasteiger partial charge in [0.1, 0.15) is 0 Å². The number of hydrogen-bond acceptors (Lipinski definition) is 3. The number of nitrogens with zero attached hydrogens (tertiary/aromatic N) is 1. The van der Waals surface area contributed by atoms with Crippen molar-refractivity contribution < 1.29 is 9.59 Å². The van der Waals surface area contributed by atoms with Crippen molar-refractivity contribution in [3.05, 3.63) is 0 Å². The van der Waals surface area contributed by atoms with E-state index in [2.05, 4.69) is 5.32 Å². The maximum Gasteiger partial charge on any atom is 0.231 e. The van der Waals surface area contributed by atoms with Crippen LogP contribution in [0.3, 0.4) is 0 Å². The SMILES string of the molecule is CN1C[C@H]2C(=O)NC(=O)[C@@H]2C1. The van der Waals surface area contributed by atoms with Crippen LogP contribution in [0.25, 0.3) is 0 Å². The molecule has 2 rings (SSSR count). The molecule has 2 atom stereocenters. The highest BCUT2D eigenvalue weighted by Gasteiger charge is 2.46. The highest BCUT2D eigenvalue weighted by Crippen LogP contribution is 2.26. The predicted molar refractivity (Wildman–Crippen MR) is 37.6 cm³/mol. The monoisotopic (exact) mass is 154 g/mol. The fraction of sp³-hybridized carbons (Fsp3) is 0.714. The average molecular weight is 154 g/mol. The van der Waals surface area contributed by atoms with Gasteiger partial charge in [0.25, 0.3) is 0 Å². The van der Waals surface area contributed by atoms with Crippen molar-refractivity contribution >= 4 is 11.8 Å². The first-order valence-corrected chi connectivity index (χ1v) is 3.72. The molecule has 0 saturated carbocycles. The third kappa shape index (κ3) is 0.860. The molecule has 0 radical (unpaired) electrons. The summed E-state index contributed by atoms with van der Waals surface area (Å²) in [5.41, 5.74) is 0. The van der Waals surface area contributed by atoms with Gasteiger partial charge < -0.3 is 4.90 Å². The molecule has 2 heterocycles. The van der Waals surface area contributed by atoms with Gasteiger partial charge >= 0.3 is 0 Å². The second kappa shape index (κ2) is 2.04. The van der Waals surface area contributed by atoms with Crippen LogP contribution in [-0.2, 0) is 9.59 Å². The highest BCUT2D eigenvalue weighted by atomic mass is 16.2. The van der Waals surface area contributed by atoms with Gasteiger partial charge in [-0.15, -0.1) is 0 Å². The van der Waals surface area contributed by atoms with Crippen LogP contribution in [0.15, 0.2) is 0 Å². The smallest absolute Gasteiger partial charge is 0.231 e. The fourth-order valence-electron chi connectivity index (χ4n) is 1.84. The number of rotatable bonds is 0. The van der Waals surface area contributed by atoms with E-state index in [1.54, 1.807) is 0 Å². The number of carbonyl (C=O) groups is 2. The van der Waals surface area contributed by atoms with Crippen LogP contribution in [0.5, 0.6) is 0 Å². The topological polar surface area (TPSA) is 49.4 Å². The molecular weight excluding hydrogens is 144 g/mol. The third-order valence-electron chi connectivity index (χ3n) is 2.42. The molecular formula is C7H10N2O2. The van der Waals surface area contributed by atoms with Crippen molar-refractivity contribution in [2.24, 2.45) is 11.8 Å². The van der Waals surface area contributed by atoms with Gasteiger partial charge in [0.15, 0.2) is 0 Å². The van der Waals surface area contributed by atoms with Gasteiger partial charge in [-0.3, -0.25) is 14.9 Å². The van der Waals surface area contributed by atoms with Crippen LogP contribution >= 0.6 is 0 Å². The lowest BCUT2D eigenvalue weighted by Gasteiger charge is -2.06. The standard InChI is InChI=1S/C7H10N2O2/c1-9-2-4-5(3-9)7(11)8-6(4)10/h4-5H,2-3H2,1H3,(H,8,10,11)/t4-,5-/m1/s1. The summed E-state index contributed by atoms with van der Waals surface area (Å²) in [6.07, 6.45) is 0. The molecule has 0 aromatic carbocycles. The molecule has 1 N–H and O–H groups in total. The van der Waals surface area contributed by atoms with E-state index in [4.69, 9.17) is 0 Å². The Balaban J connectivity index is 2.23. The molecule has 0 aliphatic carbocycles. The molecule has 0 spiro atoms. The first kappa shape index (κ1) is 6.79.